The Hall–Kier alpha value is -1.79. The fourth-order valence-corrected chi connectivity index (χ4v) is 2.12. The van der Waals surface area contributed by atoms with Crippen LogP contribution in [-0.2, 0) is 11.3 Å². The number of morpholine rings is 1. The zero-order valence-electron chi connectivity index (χ0n) is 11.0. The Kier molecular flexibility index (Phi) is 4.59. The van der Waals surface area contributed by atoms with Crippen LogP contribution >= 0.6 is 0 Å². The molecule has 6 nitrogen and oxygen atoms in total. The molecule has 1 aromatic rings. The lowest BCUT2D eigenvalue weighted by Crippen LogP contribution is -2.35. The predicted octanol–water partition coefficient (Wildman–Crippen LogP) is 0.622. The summed E-state index contributed by atoms with van der Waals surface area (Å²) < 4.78 is 10.5. The highest BCUT2D eigenvalue weighted by Gasteiger charge is 2.13. The minimum absolute atomic E-state index is 0.0562. The Labute approximate surface area is 112 Å². The van der Waals surface area contributed by atoms with Crippen LogP contribution in [0.1, 0.15) is 11.1 Å². The Morgan fingerprint density at radius 3 is 2.84 bits per heavy atom. The zero-order valence-corrected chi connectivity index (χ0v) is 11.0. The summed E-state index contributed by atoms with van der Waals surface area (Å²) in [4.78, 5) is 2.31. The molecule has 3 N–H and O–H groups in total. The molecule has 0 radical (unpaired) electrons. The second-order valence-electron chi connectivity index (χ2n) is 4.41. The van der Waals surface area contributed by atoms with Gasteiger partial charge in [-0.25, -0.2) is 0 Å². The first-order valence-electron chi connectivity index (χ1n) is 6.19. The molecule has 19 heavy (non-hydrogen) atoms. The second kappa shape index (κ2) is 6.40. The zero-order chi connectivity index (χ0) is 13.7. The van der Waals surface area contributed by atoms with E-state index < -0.39 is 0 Å². The number of hydrogen-bond donors (Lipinski definition) is 2. The van der Waals surface area contributed by atoms with Gasteiger partial charge in [-0.05, 0) is 17.7 Å². The van der Waals surface area contributed by atoms with Gasteiger partial charge in [0.05, 0.1) is 25.9 Å². The highest BCUT2D eigenvalue weighted by atomic mass is 16.5. The molecule has 6 heteroatoms. The van der Waals surface area contributed by atoms with Gasteiger partial charge in [0.2, 0.25) is 0 Å². The molecule has 1 heterocycles. The van der Waals surface area contributed by atoms with Gasteiger partial charge < -0.3 is 20.4 Å². The monoisotopic (exact) mass is 265 g/mol. The van der Waals surface area contributed by atoms with Crippen molar-refractivity contribution in [3.8, 4) is 5.75 Å². The van der Waals surface area contributed by atoms with Crippen LogP contribution in [-0.4, -0.2) is 49.4 Å². The summed E-state index contributed by atoms with van der Waals surface area (Å²) in [7, 11) is 1.56. The van der Waals surface area contributed by atoms with E-state index >= 15 is 0 Å². The smallest absolute Gasteiger partial charge is 0.173 e. The van der Waals surface area contributed by atoms with Crippen molar-refractivity contribution < 1.29 is 14.7 Å². The van der Waals surface area contributed by atoms with E-state index in [4.69, 9.17) is 20.4 Å². The van der Waals surface area contributed by atoms with Crippen LogP contribution in [0.2, 0.25) is 0 Å². The van der Waals surface area contributed by atoms with Gasteiger partial charge >= 0.3 is 0 Å². The number of oxime groups is 1. The quantitative estimate of drug-likeness (QED) is 0.361. The van der Waals surface area contributed by atoms with E-state index in [1.54, 1.807) is 7.11 Å². The molecule has 0 aromatic heterocycles. The van der Waals surface area contributed by atoms with Crippen molar-refractivity contribution in [3.05, 3.63) is 29.3 Å². The average Bonchev–Trinajstić information content (AvgIpc) is 2.47. The molecular weight excluding hydrogens is 246 g/mol. The number of hydrogen-bond acceptors (Lipinski definition) is 5. The third-order valence-corrected chi connectivity index (χ3v) is 3.16. The molecule has 1 fully saturated rings. The van der Waals surface area contributed by atoms with Crippen molar-refractivity contribution in [2.24, 2.45) is 10.9 Å². The van der Waals surface area contributed by atoms with Crippen molar-refractivity contribution in [1.82, 2.24) is 4.90 Å². The van der Waals surface area contributed by atoms with Crippen LogP contribution in [0.5, 0.6) is 5.75 Å². The minimum Gasteiger partial charge on any atom is -0.496 e. The second-order valence-corrected chi connectivity index (χ2v) is 4.41. The van der Waals surface area contributed by atoms with Gasteiger partial charge in [-0.1, -0.05) is 11.2 Å². The molecule has 2 rings (SSSR count). The summed E-state index contributed by atoms with van der Waals surface area (Å²) in [5.41, 5.74) is 7.37. The van der Waals surface area contributed by atoms with E-state index in [2.05, 4.69) is 10.1 Å². The molecule has 104 valence electrons. The standard InChI is InChI=1S/C13H19N3O3/c1-18-12-3-2-10(8-11(12)13(14)15-17)9-16-4-6-19-7-5-16/h2-3,8,17H,4-7,9H2,1H3,(H2,14,15). The van der Waals surface area contributed by atoms with Crippen molar-refractivity contribution in [3.63, 3.8) is 0 Å². The summed E-state index contributed by atoms with van der Waals surface area (Å²) >= 11 is 0. The van der Waals surface area contributed by atoms with Crippen LogP contribution in [0, 0.1) is 0 Å². The molecule has 0 unspecified atom stereocenters. The van der Waals surface area contributed by atoms with E-state index in [0.29, 0.717) is 11.3 Å². The summed E-state index contributed by atoms with van der Waals surface area (Å²) in [6.45, 7) is 4.20. The predicted molar refractivity (Wildman–Crippen MR) is 71.6 cm³/mol. The van der Waals surface area contributed by atoms with Gasteiger partial charge in [0, 0.05) is 19.6 Å². The van der Waals surface area contributed by atoms with Crippen LogP contribution in [0.3, 0.4) is 0 Å². The number of rotatable bonds is 4. The third-order valence-electron chi connectivity index (χ3n) is 3.16. The summed E-state index contributed by atoms with van der Waals surface area (Å²) in [6, 6.07) is 5.72. The van der Waals surface area contributed by atoms with Crippen molar-refractivity contribution in [2.45, 2.75) is 6.54 Å². The third kappa shape index (κ3) is 3.36. The first kappa shape index (κ1) is 13.6. The maximum Gasteiger partial charge on any atom is 0.173 e. The fourth-order valence-electron chi connectivity index (χ4n) is 2.12. The minimum atomic E-state index is 0.0562. The molecule has 0 bridgehead atoms. The fraction of sp³-hybridized carbons (Fsp3) is 0.462. The first-order chi connectivity index (χ1) is 9.24. The molecular formula is C13H19N3O3. The number of benzene rings is 1. The van der Waals surface area contributed by atoms with Gasteiger partial charge in [-0.3, -0.25) is 4.90 Å². The molecule has 0 amide bonds. The van der Waals surface area contributed by atoms with E-state index in [1.807, 2.05) is 18.2 Å². The maximum absolute atomic E-state index is 8.80. The molecule has 0 spiro atoms. The number of amidine groups is 1. The van der Waals surface area contributed by atoms with Gasteiger partial charge in [0.1, 0.15) is 5.75 Å². The van der Waals surface area contributed by atoms with Crippen LogP contribution in [0.4, 0.5) is 0 Å². The summed E-state index contributed by atoms with van der Waals surface area (Å²) in [5.74, 6) is 0.654. The number of methoxy groups -OCH3 is 1. The lowest BCUT2D eigenvalue weighted by atomic mass is 10.1. The Morgan fingerprint density at radius 2 is 2.21 bits per heavy atom. The lowest BCUT2D eigenvalue weighted by Gasteiger charge is -2.26. The molecule has 1 saturated heterocycles. The molecule has 0 saturated carbocycles. The van der Waals surface area contributed by atoms with Gasteiger partial charge in [-0.2, -0.15) is 0 Å². The maximum atomic E-state index is 8.80. The number of ether oxygens (including phenoxy) is 2. The molecule has 0 atom stereocenters. The van der Waals surface area contributed by atoms with Crippen LogP contribution in [0.25, 0.3) is 0 Å². The normalized spacial score (nSPS) is 17.4. The average molecular weight is 265 g/mol. The summed E-state index contributed by atoms with van der Waals surface area (Å²) in [5, 5.41) is 11.8. The van der Waals surface area contributed by atoms with Crippen LogP contribution < -0.4 is 10.5 Å². The summed E-state index contributed by atoms with van der Waals surface area (Å²) in [6.07, 6.45) is 0. The Balaban J connectivity index is 2.17. The van der Waals surface area contributed by atoms with Gasteiger partial charge in [0.15, 0.2) is 5.84 Å². The van der Waals surface area contributed by atoms with E-state index in [9.17, 15) is 0 Å². The Bertz CT molecular complexity index is 456. The van der Waals surface area contributed by atoms with Gasteiger partial charge in [-0.15, -0.1) is 0 Å². The molecule has 0 aliphatic carbocycles. The lowest BCUT2D eigenvalue weighted by molar-refractivity contribution is 0.0342. The van der Waals surface area contributed by atoms with Crippen molar-refractivity contribution in [1.29, 1.82) is 0 Å². The van der Waals surface area contributed by atoms with E-state index in [1.165, 1.54) is 0 Å². The van der Waals surface area contributed by atoms with E-state index in [-0.39, 0.29) is 5.84 Å². The van der Waals surface area contributed by atoms with Crippen molar-refractivity contribution >= 4 is 5.84 Å². The molecule has 1 aliphatic rings. The highest BCUT2D eigenvalue weighted by molar-refractivity contribution is 5.99. The van der Waals surface area contributed by atoms with E-state index in [0.717, 1.165) is 38.4 Å². The number of nitrogens with zero attached hydrogens (tertiary/aromatic N) is 2. The molecule has 1 aromatic carbocycles. The SMILES string of the molecule is COc1ccc(CN2CCOCC2)cc1C(N)=NO. The van der Waals surface area contributed by atoms with Gasteiger partial charge in [0.25, 0.3) is 0 Å². The van der Waals surface area contributed by atoms with Crippen LogP contribution in [0.15, 0.2) is 23.4 Å². The van der Waals surface area contributed by atoms with Crippen molar-refractivity contribution in [2.75, 3.05) is 33.4 Å². The molecule has 1 aliphatic heterocycles. The Morgan fingerprint density at radius 1 is 1.47 bits per heavy atom. The topological polar surface area (TPSA) is 80.3 Å². The largest absolute Gasteiger partial charge is 0.496 e. The highest BCUT2D eigenvalue weighted by Crippen LogP contribution is 2.20. The first-order valence-corrected chi connectivity index (χ1v) is 6.19. The number of nitrogens with two attached hydrogens (primary N) is 1.